The van der Waals surface area contributed by atoms with Crippen molar-refractivity contribution < 1.29 is 0 Å². The van der Waals surface area contributed by atoms with E-state index in [9.17, 15) is 0 Å². The molecule has 92 valence electrons. The van der Waals surface area contributed by atoms with E-state index in [-0.39, 0.29) is 11.1 Å². The molecular weight excluding hydrogens is 200 g/mol. The van der Waals surface area contributed by atoms with Crippen LogP contribution in [0.2, 0.25) is 0 Å². The van der Waals surface area contributed by atoms with Crippen molar-refractivity contribution in [2.75, 3.05) is 14.1 Å². The molecule has 0 atom stereocenters. The van der Waals surface area contributed by atoms with E-state index in [4.69, 9.17) is 5.73 Å². The van der Waals surface area contributed by atoms with E-state index in [2.05, 4.69) is 42.4 Å². The Kier molecular flexibility index (Phi) is 3.45. The molecule has 0 saturated carbocycles. The first-order chi connectivity index (χ1) is 7.14. The Morgan fingerprint density at radius 1 is 1.31 bits per heavy atom. The van der Waals surface area contributed by atoms with E-state index in [0.29, 0.717) is 0 Å². The quantitative estimate of drug-likeness (QED) is 0.841. The number of nitrogens with two attached hydrogens (primary N) is 1. The fraction of sp³-hybridized carbons (Fsp3) is 0.750. The summed E-state index contributed by atoms with van der Waals surface area (Å²) in [5.41, 5.74) is 6.93. The van der Waals surface area contributed by atoms with Crippen molar-refractivity contribution in [3.8, 4) is 0 Å². The van der Waals surface area contributed by atoms with Crippen LogP contribution in [0.25, 0.3) is 0 Å². The molecule has 1 aromatic heterocycles. The molecule has 1 rings (SSSR count). The fourth-order valence-electron chi connectivity index (χ4n) is 1.54. The van der Waals surface area contributed by atoms with Crippen LogP contribution in [-0.2, 0) is 12.1 Å². The second-order valence-corrected chi connectivity index (χ2v) is 5.84. The Morgan fingerprint density at radius 3 is 2.31 bits per heavy atom. The average Bonchev–Trinajstić information content (AvgIpc) is 2.49. The first kappa shape index (κ1) is 13.2. The minimum atomic E-state index is -0.348. The average molecular weight is 224 g/mol. The minimum Gasteiger partial charge on any atom is -0.331 e. The molecule has 0 aliphatic carbocycles. The summed E-state index contributed by atoms with van der Waals surface area (Å²) in [5, 5.41) is 0. The maximum absolute atomic E-state index is 6.12. The molecule has 0 amide bonds. The van der Waals surface area contributed by atoms with Crippen molar-refractivity contribution in [3.63, 3.8) is 0 Å². The number of hydrogen-bond donors (Lipinski definition) is 1. The highest BCUT2D eigenvalue weighted by Gasteiger charge is 2.25. The van der Waals surface area contributed by atoms with Crippen molar-refractivity contribution in [2.45, 2.75) is 45.3 Å². The highest BCUT2D eigenvalue weighted by Crippen LogP contribution is 2.20. The largest absolute Gasteiger partial charge is 0.331 e. The Hall–Kier alpha value is -0.870. The minimum absolute atomic E-state index is 0.0840. The number of nitrogens with zero attached hydrogens (tertiary/aromatic N) is 3. The summed E-state index contributed by atoms with van der Waals surface area (Å²) in [7, 11) is 4.17. The third-order valence-electron chi connectivity index (χ3n) is 3.14. The van der Waals surface area contributed by atoms with Crippen LogP contribution in [0.4, 0.5) is 0 Å². The molecule has 0 bridgehead atoms. The first-order valence-electron chi connectivity index (χ1n) is 5.61. The molecule has 4 heteroatoms. The lowest BCUT2D eigenvalue weighted by Crippen LogP contribution is -2.43. The molecule has 0 unspecified atom stereocenters. The number of hydrogen-bond acceptors (Lipinski definition) is 3. The third-order valence-corrected chi connectivity index (χ3v) is 3.14. The number of rotatable bonds is 4. The van der Waals surface area contributed by atoms with Gasteiger partial charge in [-0.25, -0.2) is 4.98 Å². The van der Waals surface area contributed by atoms with E-state index in [0.717, 1.165) is 12.2 Å². The summed E-state index contributed by atoms with van der Waals surface area (Å²) in [6.07, 6.45) is 3.71. The van der Waals surface area contributed by atoms with Crippen molar-refractivity contribution in [1.29, 1.82) is 0 Å². The maximum Gasteiger partial charge on any atom is 0.0949 e. The lowest BCUT2D eigenvalue weighted by molar-refractivity contribution is 0.166. The SMILES string of the molecule is CN(C)C(C)(C)Cn1cncc1C(C)(C)N. The molecule has 0 radical (unpaired) electrons. The van der Waals surface area contributed by atoms with Gasteiger partial charge in [0.1, 0.15) is 0 Å². The van der Waals surface area contributed by atoms with Gasteiger partial charge in [-0.05, 0) is 41.8 Å². The Bertz CT molecular complexity index is 344. The molecule has 0 fully saturated rings. The van der Waals surface area contributed by atoms with Gasteiger partial charge in [0.2, 0.25) is 0 Å². The van der Waals surface area contributed by atoms with Crippen LogP contribution < -0.4 is 5.73 Å². The summed E-state index contributed by atoms with van der Waals surface area (Å²) >= 11 is 0. The zero-order valence-corrected chi connectivity index (χ0v) is 11.3. The Balaban J connectivity index is 2.95. The molecule has 4 nitrogen and oxygen atoms in total. The zero-order valence-electron chi connectivity index (χ0n) is 11.3. The summed E-state index contributed by atoms with van der Waals surface area (Å²) in [6.45, 7) is 9.31. The van der Waals surface area contributed by atoms with Crippen LogP contribution in [0.15, 0.2) is 12.5 Å². The molecule has 1 heterocycles. The van der Waals surface area contributed by atoms with E-state index in [1.54, 1.807) is 0 Å². The van der Waals surface area contributed by atoms with Crippen molar-refractivity contribution in [1.82, 2.24) is 14.5 Å². The van der Waals surface area contributed by atoms with Gasteiger partial charge in [0, 0.05) is 18.3 Å². The molecule has 0 aliphatic rings. The van der Waals surface area contributed by atoms with E-state index in [1.807, 2.05) is 26.4 Å². The highest BCUT2D eigenvalue weighted by molar-refractivity contribution is 5.10. The van der Waals surface area contributed by atoms with Crippen LogP contribution in [0.5, 0.6) is 0 Å². The second-order valence-electron chi connectivity index (χ2n) is 5.84. The standard InChI is InChI=1S/C12H24N4/c1-11(2,15(5)6)8-16-9-14-7-10(16)12(3,4)13/h7,9H,8,13H2,1-6H3. The summed E-state index contributed by atoms with van der Waals surface area (Å²) < 4.78 is 2.14. The number of likely N-dealkylation sites (N-methyl/N-ethyl adjacent to an activating group) is 1. The Morgan fingerprint density at radius 2 is 1.88 bits per heavy atom. The van der Waals surface area contributed by atoms with Crippen LogP contribution in [0.1, 0.15) is 33.4 Å². The second kappa shape index (κ2) is 4.18. The van der Waals surface area contributed by atoms with Gasteiger partial charge in [-0.3, -0.25) is 0 Å². The van der Waals surface area contributed by atoms with E-state index >= 15 is 0 Å². The molecule has 16 heavy (non-hydrogen) atoms. The summed E-state index contributed by atoms with van der Waals surface area (Å²) in [4.78, 5) is 6.41. The van der Waals surface area contributed by atoms with Crippen molar-refractivity contribution >= 4 is 0 Å². The molecule has 0 aromatic carbocycles. The predicted octanol–water partition coefficient (Wildman–Crippen LogP) is 1.42. The van der Waals surface area contributed by atoms with Gasteiger partial charge in [-0.1, -0.05) is 0 Å². The lowest BCUT2D eigenvalue weighted by atomic mass is 10.0. The lowest BCUT2D eigenvalue weighted by Gasteiger charge is -2.34. The fourth-order valence-corrected chi connectivity index (χ4v) is 1.54. The van der Waals surface area contributed by atoms with Gasteiger partial charge >= 0.3 is 0 Å². The van der Waals surface area contributed by atoms with Gasteiger partial charge in [0.15, 0.2) is 0 Å². The van der Waals surface area contributed by atoms with Crippen LogP contribution in [-0.4, -0.2) is 34.1 Å². The molecule has 1 aromatic rings. The van der Waals surface area contributed by atoms with Gasteiger partial charge in [-0.15, -0.1) is 0 Å². The zero-order chi connectivity index (χ0) is 12.6. The number of imidazole rings is 1. The number of aromatic nitrogens is 2. The monoisotopic (exact) mass is 224 g/mol. The van der Waals surface area contributed by atoms with Crippen molar-refractivity contribution in [3.05, 3.63) is 18.2 Å². The predicted molar refractivity (Wildman–Crippen MR) is 67.2 cm³/mol. The summed E-state index contributed by atoms with van der Waals surface area (Å²) in [6, 6.07) is 0. The van der Waals surface area contributed by atoms with Gasteiger partial charge in [0.05, 0.1) is 17.6 Å². The van der Waals surface area contributed by atoms with Crippen molar-refractivity contribution in [2.24, 2.45) is 5.73 Å². The molecule has 0 aliphatic heterocycles. The van der Waals surface area contributed by atoms with E-state index < -0.39 is 0 Å². The summed E-state index contributed by atoms with van der Waals surface area (Å²) in [5.74, 6) is 0. The molecular formula is C12H24N4. The van der Waals surface area contributed by atoms with Crippen LogP contribution >= 0.6 is 0 Å². The van der Waals surface area contributed by atoms with Crippen LogP contribution in [0.3, 0.4) is 0 Å². The van der Waals surface area contributed by atoms with Crippen LogP contribution in [0, 0.1) is 0 Å². The normalized spacial score (nSPS) is 13.5. The first-order valence-corrected chi connectivity index (χ1v) is 5.61. The highest BCUT2D eigenvalue weighted by atomic mass is 15.2. The molecule has 2 N–H and O–H groups in total. The maximum atomic E-state index is 6.12. The Labute approximate surface area is 98.5 Å². The van der Waals surface area contributed by atoms with Gasteiger partial charge in [0.25, 0.3) is 0 Å². The van der Waals surface area contributed by atoms with E-state index in [1.165, 1.54) is 0 Å². The topological polar surface area (TPSA) is 47.1 Å². The third kappa shape index (κ3) is 2.83. The smallest absolute Gasteiger partial charge is 0.0949 e. The molecule has 0 spiro atoms. The molecule has 0 saturated heterocycles. The van der Waals surface area contributed by atoms with Gasteiger partial charge in [-0.2, -0.15) is 0 Å². The van der Waals surface area contributed by atoms with Gasteiger partial charge < -0.3 is 15.2 Å².